The topological polar surface area (TPSA) is 128 Å². The molecule has 2 unspecified atom stereocenters. The summed E-state index contributed by atoms with van der Waals surface area (Å²) in [6.07, 6.45) is 1.67. The lowest BCUT2D eigenvalue weighted by Crippen LogP contribution is -2.32. The molecule has 2 aromatic carbocycles. The third kappa shape index (κ3) is 5.69. The van der Waals surface area contributed by atoms with Crippen LogP contribution in [0.4, 0.5) is 0 Å². The molecule has 2 aliphatic rings. The van der Waals surface area contributed by atoms with Gasteiger partial charge in [0.25, 0.3) is 10.1 Å². The second-order valence-electron chi connectivity index (χ2n) is 6.89. The van der Waals surface area contributed by atoms with E-state index in [-0.39, 0.29) is 27.7 Å². The summed E-state index contributed by atoms with van der Waals surface area (Å²) >= 11 is 1.30. The molecule has 0 aromatic heterocycles. The minimum atomic E-state index is -4.02. The van der Waals surface area contributed by atoms with Gasteiger partial charge in [0.05, 0.1) is 28.7 Å². The second-order valence-corrected chi connectivity index (χ2v) is 11.7. The van der Waals surface area contributed by atoms with E-state index in [1.807, 2.05) is 37.3 Å². The first-order chi connectivity index (χ1) is 14.0. The van der Waals surface area contributed by atoms with E-state index in [1.54, 1.807) is 18.3 Å². The summed E-state index contributed by atoms with van der Waals surface area (Å²) in [4.78, 5) is -0.0666. The molecule has 0 spiro atoms. The lowest BCUT2D eigenvalue weighted by Gasteiger charge is -2.17. The maximum absolute atomic E-state index is 11.6. The molecule has 0 radical (unpaired) electrons. The average Bonchev–Trinajstić information content (AvgIpc) is 3.11. The van der Waals surface area contributed by atoms with Crippen molar-refractivity contribution in [3.05, 3.63) is 65.7 Å². The van der Waals surface area contributed by atoms with Gasteiger partial charge in [-0.1, -0.05) is 59.8 Å². The minimum absolute atomic E-state index is 0.0505. The van der Waals surface area contributed by atoms with E-state index in [0.29, 0.717) is 5.17 Å². The first-order valence-electron chi connectivity index (χ1n) is 8.93. The van der Waals surface area contributed by atoms with Crippen LogP contribution in [0.2, 0.25) is 0 Å². The Labute approximate surface area is 180 Å². The largest absolute Gasteiger partial charge is 0.294 e. The summed E-state index contributed by atoms with van der Waals surface area (Å²) in [6.45, 7) is 1.84. The summed E-state index contributed by atoms with van der Waals surface area (Å²) in [5.74, 6) is 0.251. The van der Waals surface area contributed by atoms with Crippen LogP contribution in [0.25, 0.3) is 0 Å². The molecular formula is C19H21N3O5S3. The number of benzene rings is 2. The predicted octanol–water partition coefficient (Wildman–Crippen LogP) is 2.41. The van der Waals surface area contributed by atoms with E-state index in [2.05, 4.69) is 5.10 Å². The molecule has 160 valence electrons. The van der Waals surface area contributed by atoms with Crippen molar-refractivity contribution in [3.63, 3.8) is 0 Å². The highest BCUT2D eigenvalue weighted by Crippen LogP contribution is 2.37. The van der Waals surface area contributed by atoms with Crippen LogP contribution in [0.1, 0.15) is 11.1 Å². The summed E-state index contributed by atoms with van der Waals surface area (Å²) < 4.78 is 52.8. The third-order valence-corrected chi connectivity index (χ3v) is 8.50. The Kier molecular flexibility index (Phi) is 6.65. The number of sulfone groups is 1. The van der Waals surface area contributed by atoms with Gasteiger partial charge in [0, 0.05) is 5.25 Å². The van der Waals surface area contributed by atoms with Gasteiger partial charge in [0.15, 0.2) is 15.0 Å². The van der Waals surface area contributed by atoms with Crippen molar-refractivity contribution >= 4 is 43.1 Å². The van der Waals surface area contributed by atoms with E-state index < -0.39 is 20.0 Å². The number of nitrogens with one attached hydrogen (secondary N) is 1. The van der Waals surface area contributed by atoms with Crippen molar-refractivity contribution in [2.24, 2.45) is 5.10 Å². The van der Waals surface area contributed by atoms with Crippen molar-refractivity contribution in [3.8, 4) is 0 Å². The fraction of sp³-hybridized carbons (Fsp3) is 0.263. The SMILES string of the molecule is Cc1ccc(S(=O)(=O)O)cc1.N=C1SC2CS(=O)(=O)CC2N1/N=C/c1ccccc1. The molecule has 4 rings (SSSR count). The van der Waals surface area contributed by atoms with Crippen LogP contribution in [0.3, 0.4) is 0 Å². The molecule has 8 nitrogen and oxygen atoms in total. The Morgan fingerprint density at radius 1 is 1.13 bits per heavy atom. The maximum atomic E-state index is 11.6. The molecule has 2 N–H and O–H groups in total. The quantitative estimate of drug-likeness (QED) is 0.524. The van der Waals surface area contributed by atoms with Crippen LogP contribution in [-0.2, 0) is 20.0 Å². The van der Waals surface area contributed by atoms with Crippen LogP contribution >= 0.6 is 11.8 Å². The number of thioether (sulfide) groups is 1. The van der Waals surface area contributed by atoms with Crippen molar-refractivity contribution in [2.45, 2.75) is 23.1 Å². The molecule has 2 atom stereocenters. The number of hydrogen-bond donors (Lipinski definition) is 2. The van der Waals surface area contributed by atoms with E-state index in [9.17, 15) is 16.8 Å². The monoisotopic (exact) mass is 467 g/mol. The first kappa shape index (κ1) is 22.5. The van der Waals surface area contributed by atoms with E-state index in [0.717, 1.165) is 11.1 Å². The van der Waals surface area contributed by atoms with Crippen LogP contribution < -0.4 is 0 Å². The van der Waals surface area contributed by atoms with Crippen LogP contribution in [-0.4, -0.2) is 60.6 Å². The van der Waals surface area contributed by atoms with Gasteiger partial charge in [-0.25, -0.2) is 13.4 Å². The molecule has 2 aliphatic heterocycles. The van der Waals surface area contributed by atoms with Crippen LogP contribution in [0.15, 0.2) is 64.6 Å². The summed E-state index contributed by atoms with van der Waals surface area (Å²) in [6, 6.07) is 15.4. The number of hydrazone groups is 1. The second kappa shape index (κ2) is 8.88. The van der Waals surface area contributed by atoms with E-state index in [1.165, 1.54) is 28.9 Å². The zero-order valence-electron chi connectivity index (χ0n) is 16.0. The molecule has 2 heterocycles. The smallest absolute Gasteiger partial charge is 0.282 e. The van der Waals surface area contributed by atoms with Crippen LogP contribution in [0.5, 0.6) is 0 Å². The van der Waals surface area contributed by atoms with Crippen molar-refractivity contribution < 1.29 is 21.4 Å². The summed E-state index contributed by atoms with van der Waals surface area (Å²) in [7, 11) is -7.00. The Morgan fingerprint density at radius 2 is 1.77 bits per heavy atom. The van der Waals surface area contributed by atoms with Crippen molar-refractivity contribution in [2.75, 3.05) is 11.5 Å². The standard InChI is InChI=1S/C12H13N3O2S2.C7H8O3S/c13-12-15(14-6-9-4-2-1-3-5-9)10-7-19(16,17)8-11(10)18-12;1-6-2-4-7(5-3-6)11(8,9)10/h1-6,10-11,13H,7-8H2;2-5H,1H3,(H,8,9,10)/b13-12?,14-6+;. The zero-order chi connectivity index (χ0) is 21.9. The molecular weight excluding hydrogens is 446 g/mol. The predicted molar refractivity (Wildman–Crippen MR) is 118 cm³/mol. The van der Waals surface area contributed by atoms with Gasteiger partial charge in [0.2, 0.25) is 0 Å². The molecule has 2 fully saturated rings. The summed E-state index contributed by atoms with van der Waals surface area (Å²) in [5, 5.41) is 14.0. The lowest BCUT2D eigenvalue weighted by atomic mass is 10.2. The number of aryl methyl sites for hydroxylation is 1. The van der Waals surface area contributed by atoms with Crippen LogP contribution in [0, 0.1) is 12.3 Å². The molecule has 30 heavy (non-hydrogen) atoms. The Bertz CT molecular complexity index is 1150. The van der Waals surface area contributed by atoms with Gasteiger partial charge in [0.1, 0.15) is 0 Å². The molecule has 11 heteroatoms. The van der Waals surface area contributed by atoms with Gasteiger partial charge in [-0.05, 0) is 24.6 Å². The van der Waals surface area contributed by atoms with Gasteiger partial charge < -0.3 is 0 Å². The normalized spacial score (nSPS) is 22.6. The Hall–Kier alpha value is -2.21. The zero-order valence-corrected chi connectivity index (χ0v) is 18.5. The highest BCUT2D eigenvalue weighted by Gasteiger charge is 2.48. The van der Waals surface area contributed by atoms with Gasteiger partial charge in [-0.2, -0.15) is 13.5 Å². The molecule has 0 aliphatic carbocycles. The minimum Gasteiger partial charge on any atom is -0.282 e. The number of fused-ring (bicyclic) bond motifs is 1. The number of hydrogen-bond acceptors (Lipinski definition) is 7. The average molecular weight is 468 g/mol. The molecule has 2 saturated heterocycles. The molecule has 0 amide bonds. The Morgan fingerprint density at radius 3 is 2.37 bits per heavy atom. The molecule has 0 bridgehead atoms. The number of rotatable bonds is 3. The van der Waals surface area contributed by atoms with Crippen molar-refractivity contribution in [1.82, 2.24) is 5.01 Å². The van der Waals surface area contributed by atoms with Gasteiger partial charge >= 0.3 is 0 Å². The summed E-state index contributed by atoms with van der Waals surface area (Å²) in [5.41, 5.74) is 1.89. The number of amidine groups is 1. The van der Waals surface area contributed by atoms with Gasteiger partial charge in [-0.15, -0.1) is 0 Å². The highest BCUT2D eigenvalue weighted by molar-refractivity contribution is 8.15. The fourth-order valence-electron chi connectivity index (χ4n) is 3.00. The number of nitrogens with zero attached hydrogens (tertiary/aromatic N) is 2. The van der Waals surface area contributed by atoms with Crippen molar-refractivity contribution in [1.29, 1.82) is 5.41 Å². The fourth-order valence-corrected chi connectivity index (χ4v) is 7.20. The highest BCUT2D eigenvalue weighted by atomic mass is 32.2. The molecule has 2 aromatic rings. The maximum Gasteiger partial charge on any atom is 0.294 e. The lowest BCUT2D eigenvalue weighted by molar-refractivity contribution is 0.376. The Balaban J connectivity index is 0.000000199. The molecule has 0 saturated carbocycles. The first-order valence-corrected chi connectivity index (χ1v) is 13.1. The van der Waals surface area contributed by atoms with Gasteiger partial charge in [-0.3, -0.25) is 9.96 Å². The van der Waals surface area contributed by atoms with E-state index in [4.69, 9.17) is 9.96 Å². The van der Waals surface area contributed by atoms with E-state index >= 15 is 0 Å². The third-order valence-electron chi connectivity index (χ3n) is 4.51.